The van der Waals surface area contributed by atoms with E-state index in [-0.39, 0.29) is 22.6 Å². The summed E-state index contributed by atoms with van der Waals surface area (Å²) in [7, 11) is 2.07. The summed E-state index contributed by atoms with van der Waals surface area (Å²) in [6.07, 6.45) is 2.19. The summed E-state index contributed by atoms with van der Waals surface area (Å²) >= 11 is 6.12. The van der Waals surface area contributed by atoms with Crippen LogP contribution in [0.1, 0.15) is 16.8 Å². The Labute approximate surface area is 244 Å². The molecule has 3 heterocycles. The zero-order chi connectivity index (χ0) is 28.8. The highest BCUT2D eigenvalue weighted by atomic mass is 35.5. The molecule has 2 aliphatic heterocycles. The second kappa shape index (κ2) is 13.4. The molecule has 1 aromatic heterocycles. The van der Waals surface area contributed by atoms with Gasteiger partial charge in [0.25, 0.3) is 5.91 Å². The normalized spacial score (nSPS) is 16.5. The van der Waals surface area contributed by atoms with Crippen LogP contribution in [0.2, 0.25) is 5.15 Å². The second-order valence-corrected chi connectivity index (χ2v) is 10.7. The zero-order valence-corrected chi connectivity index (χ0v) is 24.0. The predicted octanol–water partition coefficient (Wildman–Crippen LogP) is 3.47. The summed E-state index contributed by atoms with van der Waals surface area (Å²) in [5, 5.41) is 6.37. The first-order valence-corrected chi connectivity index (χ1v) is 14.3. The zero-order valence-electron chi connectivity index (χ0n) is 23.2. The fraction of sp³-hybridized carbons (Fsp3) is 0.414. The molecule has 2 aromatic carbocycles. The fourth-order valence-electron chi connectivity index (χ4n) is 5.03. The average molecular weight is 583 g/mol. The van der Waals surface area contributed by atoms with Gasteiger partial charge in [0.15, 0.2) is 11.0 Å². The van der Waals surface area contributed by atoms with Gasteiger partial charge < -0.3 is 30.9 Å². The maximum atomic E-state index is 15.6. The number of piperazine rings is 1. The van der Waals surface area contributed by atoms with Crippen molar-refractivity contribution in [1.82, 2.24) is 25.1 Å². The van der Waals surface area contributed by atoms with Crippen LogP contribution in [0.15, 0.2) is 42.7 Å². The van der Waals surface area contributed by atoms with Crippen LogP contribution in [0.3, 0.4) is 0 Å². The number of amides is 1. The van der Waals surface area contributed by atoms with E-state index in [0.717, 1.165) is 65.4 Å². The van der Waals surface area contributed by atoms with Crippen LogP contribution in [0, 0.1) is 5.82 Å². The molecule has 0 bridgehead atoms. The van der Waals surface area contributed by atoms with Crippen molar-refractivity contribution in [3.05, 3.63) is 59.3 Å². The number of rotatable bonds is 9. The highest BCUT2D eigenvalue weighted by molar-refractivity contribution is 6.32. The van der Waals surface area contributed by atoms with Crippen LogP contribution >= 0.6 is 11.6 Å². The van der Waals surface area contributed by atoms with Crippen LogP contribution in [-0.4, -0.2) is 98.3 Å². The largest absolute Gasteiger partial charge is 0.393 e. The molecule has 3 aromatic rings. The van der Waals surface area contributed by atoms with Gasteiger partial charge in [-0.25, -0.2) is 14.4 Å². The van der Waals surface area contributed by atoms with Gasteiger partial charge in [0, 0.05) is 56.9 Å². The van der Waals surface area contributed by atoms with Crippen LogP contribution in [0.4, 0.5) is 27.3 Å². The Hall–Kier alpha value is -3.51. The summed E-state index contributed by atoms with van der Waals surface area (Å²) in [6, 6.07) is 10.2. The van der Waals surface area contributed by atoms with E-state index in [1.165, 1.54) is 12.4 Å². The molecular weight excluding hydrogens is 547 g/mol. The van der Waals surface area contributed by atoms with Gasteiger partial charge in [0.1, 0.15) is 17.8 Å². The Morgan fingerprint density at radius 2 is 1.80 bits per heavy atom. The van der Waals surface area contributed by atoms with Gasteiger partial charge in [-0.15, -0.1) is 0 Å². The van der Waals surface area contributed by atoms with E-state index in [1.54, 1.807) is 30.3 Å². The van der Waals surface area contributed by atoms with Crippen molar-refractivity contribution in [2.24, 2.45) is 0 Å². The monoisotopic (exact) mass is 582 g/mol. The SMILES string of the molecule is CN1CCN(c2cc(F)c(-c3ccc(C(=O)NCCCN4CCOCC4)cc3)cc2Nc2ncnc(Cl)c2N)CC1. The summed E-state index contributed by atoms with van der Waals surface area (Å²) in [5.74, 6) is -0.167. The number of benzene rings is 2. The van der Waals surface area contributed by atoms with E-state index in [1.807, 2.05) is 0 Å². The molecule has 0 unspecified atom stereocenters. The van der Waals surface area contributed by atoms with E-state index in [9.17, 15) is 4.79 Å². The molecule has 12 heteroatoms. The number of nitrogens with zero attached hydrogens (tertiary/aromatic N) is 5. The lowest BCUT2D eigenvalue weighted by atomic mass is 10.0. The summed E-state index contributed by atoms with van der Waals surface area (Å²) in [4.78, 5) is 27.6. The number of nitrogens with one attached hydrogen (secondary N) is 2. The Morgan fingerprint density at radius 1 is 1.07 bits per heavy atom. The third-order valence-corrected chi connectivity index (χ3v) is 7.82. The number of hydrogen-bond acceptors (Lipinski definition) is 9. The Bertz CT molecular complexity index is 1350. The molecule has 5 rings (SSSR count). The average Bonchev–Trinajstić information content (AvgIpc) is 2.99. The molecule has 2 fully saturated rings. The number of hydrogen-bond donors (Lipinski definition) is 3. The highest BCUT2D eigenvalue weighted by Gasteiger charge is 2.21. The van der Waals surface area contributed by atoms with Gasteiger partial charge in [-0.05, 0) is 49.8 Å². The number of nitrogens with two attached hydrogens (primary N) is 1. The van der Waals surface area contributed by atoms with Crippen molar-refractivity contribution in [2.75, 3.05) is 88.6 Å². The van der Waals surface area contributed by atoms with Crippen LogP contribution in [0.5, 0.6) is 0 Å². The van der Waals surface area contributed by atoms with E-state index in [2.05, 4.69) is 42.3 Å². The Morgan fingerprint density at radius 3 is 2.54 bits per heavy atom. The Balaban J connectivity index is 1.32. The first-order chi connectivity index (χ1) is 19.9. The molecule has 0 radical (unpaired) electrons. The third kappa shape index (κ3) is 7.23. The maximum absolute atomic E-state index is 15.6. The van der Waals surface area contributed by atoms with E-state index < -0.39 is 0 Å². The fourth-order valence-corrected chi connectivity index (χ4v) is 5.16. The van der Waals surface area contributed by atoms with Crippen LogP contribution in [0.25, 0.3) is 11.1 Å². The lowest BCUT2D eigenvalue weighted by molar-refractivity contribution is 0.0374. The van der Waals surface area contributed by atoms with Gasteiger partial charge in [-0.1, -0.05) is 23.7 Å². The van der Waals surface area contributed by atoms with Crippen molar-refractivity contribution < 1.29 is 13.9 Å². The standard InChI is InChI=1S/C29H36ClFN8O2/c1-37-9-11-39(12-10-37)25-18-23(31)22(17-24(25)36-28-26(32)27(30)34-19-35-28)20-3-5-21(6-4-20)29(40)33-7-2-8-38-13-15-41-16-14-38/h3-6,17-19H,2,7-16,32H2,1H3,(H,33,40)(H,34,35,36). The molecule has 4 N–H and O–H groups in total. The van der Waals surface area contributed by atoms with E-state index in [4.69, 9.17) is 22.1 Å². The molecule has 0 aliphatic carbocycles. The topological polar surface area (TPSA) is 112 Å². The summed E-state index contributed by atoms with van der Waals surface area (Å²) < 4.78 is 21.0. The predicted molar refractivity (Wildman–Crippen MR) is 160 cm³/mol. The molecule has 41 heavy (non-hydrogen) atoms. The number of ether oxygens (including phenoxy) is 1. The summed E-state index contributed by atoms with van der Waals surface area (Å²) in [5.41, 5.74) is 9.25. The quantitative estimate of drug-likeness (QED) is 0.258. The number of aromatic nitrogens is 2. The molecule has 0 spiro atoms. The van der Waals surface area contributed by atoms with Crippen molar-refractivity contribution in [3.63, 3.8) is 0 Å². The molecule has 218 valence electrons. The van der Waals surface area contributed by atoms with Gasteiger partial charge in [-0.2, -0.15) is 0 Å². The first kappa shape index (κ1) is 29.0. The van der Waals surface area contributed by atoms with E-state index in [0.29, 0.717) is 40.4 Å². The lowest BCUT2D eigenvalue weighted by Crippen LogP contribution is -2.44. The number of carbonyl (C=O) groups excluding carboxylic acids is 1. The first-order valence-electron chi connectivity index (χ1n) is 13.9. The van der Waals surface area contributed by atoms with Gasteiger partial charge in [0.2, 0.25) is 0 Å². The highest BCUT2D eigenvalue weighted by Crippen LogP contribution is 2.37. The molecule has 2 aliphatic rings. The number of nitrogen functional groups attached to an aromatic ring is 1. The third-order valence-electron chi connectivity index (χ3n) is 7.52. The number of anilines is 4. The minimum atomic E-state index is -0.363. The molecule has 2 saturated heterocycles. The van der Waals surface area contributed by atoms with Crippen molar-refractivity contribution in [3.8, 4) is 11.1 Å². The van der Waals surface area contributed by atoms with Crippen molar-refractivity contribution in [1.29, 1.82) is 0 Å². The van der Waals surface area contributed by atoms with Crippen molar-refractivity contribution >= 4 is 40.4 Å². The molecule has 0 saturated carbocycles. The molecule has 0 atom stereocenters. The number of likely N-dealkylation sites (N-methyl/N-ethyl adjacent to an activating group) is 1. The number of morpholine rings is 1. The number of carbonyl (C=O) groups is 1. The minimum absolute atomic E-state index is 0.140. The molecule has 10 nitrogen and oxygen atoms in total. The van der Waals surface area contributed by atoms with Crippen LogP contribution in [-0.2, 0) is 4.74 Å². The molecular formula is C29H36ClFN8O2. The molecule has 1 amide bonds. The Kier molecular flexibility index (Phi) is 9.50. The smallest absolute Gasteiger partial charge is 0.251 e. The van der Waals surface area contributed by atoms with Crippen LogP contribution < -0.4 is 21.3 Å². The second-order valence-electron chi connectivity index (χ2n) is 10.3. The maximum Gasteiger partial charge on any atom is 0.251 e. The van der Waals surface area contributed by atoms with Gasteiger partial charge in [-0.3, -0.25) is 9.69 Å². The summed E-state index contributed by atoms with van der Waals surface area (Å²) in [6.45, 7) is 8.12. The lowest BCUT2D eigenvalue weighted by Gasteiger charge is -2.35. The van der Waals surface area contributed by atoms with Crippen molar-refractivity contribution in [2.45, 2.75) is 6.42 Å². The number of halogens is 2. The van der Waals surface area contributed by atoms with E-state index >= 15 is 4.39 Å². The van der Waals surface area contributed by atoms with Gasteiger partial charge >= 0.3 is 0 Å². The van der Waals surface area contributed by atoms with Gasteiger partial charge in [0.05, 0.1) is 24.6 Å². The minimum Gasteiger partial charge on any atom is -0.393 e.